The van der Waals surface area contributed by atoms with Crippen molar-refractivity contribution in [2.75, 3.05) is 34.7 Å². The van der Waals surface area contributed by atoms with Crippen LogP contribution in [0.2, 0.25) is 5.02 Å². The quantitative estimate of drug-likeness (QED) is 0.514. The first kappa shape index (κ1) is 22.9. The largest absolute Gasteiger partial charge is 0.352 e. The molecule has 1 aromatic carbocycles. The van der Waals surface area contributed by atoms with Crippen molar-refractivity contribution in [2.45, 2.75) is 18.2 Å². The summed E-state index contributed by atoms with van der Waals surface area (Å²) < 4.78 is 26.0. The summed E-state index contributed by atoms with van der Waals surface area (Å²) in [4.78, 5) is 22.2. The van der Waals surface area contributed by atoms with Gasteiger partial charge in [0, 0.05) is 27.6 Å². The minimum atomic E-state index is -3.66. The Morgan fingerprint density at radius 1 is 1.21 bits per heavy atom. The molecule has 0 N–H and O–H groups in total. The molecule has 138 valence electrons. The van der Waals surface area contributed by atoms with Crippen LogP contribution in [0.1, 0.15) is 12.5 Å². The molecule has 0 amide bonds. The van der Waals surface area contributed by atoms with Crippen molar-refractivity contribution in [1.29, 1.82) is 0 Å². The number of rotatable bonds is 7. The number of benzene rings is 1. The van der Waals surface area contributed by atoms with E-state index in [9.17, 15) is 13.2 Å². The first-order chi connectivity index (χ1) is 10.6. The molecule has 0 aliphatic rings. The highest BCUT2D eigenvalue weighted by atomic mass is 35.5. The van der Waals surface area contributed by atoms with E-state index in [1.807, 2.05) is 19.0 Å². The van der Waals surface area contributed by atoms with Crippen LogP contribution in [-0.4, -0.2) is 58.3 Å². The summed E-state index contributed by atoms with van der Waals surface area (Å²) in [6.45, 7) is 1.78. The van der Waals surface area contributed by atoms with Crippen LogP contribution >= 0.6 is 24.0 Å². The smallest absolute Gasteiger partial charge is 0.309 e. The first-order valence-electron chi connectivity index (χ1n) is 6.81. The van der Waals surface area contributed by atoms with Gasteiger partial charge in [-0.2, -0.15) is 0 Å². The molecule has 0 saturated heterocycles. The molecule has 0 aliphatic carbocycles. The van der Waals surface area contributed by atoms with Gasteiger partial charge in [0.1, 0.15) is 0 Å². The minimum absolute atomic E-state index is 0. The van der Waals surface area contributed by atoms with Crippen LogP contribution in [-0.2, 0) is 26.1 Å². The van der Waals surface area contributed by atoms with E-state index in [1.54, 1.807) is 0 Å². The van der Waals surface area contributed by atoms with Gasteiger partial charge in [-0.1, -0.05) is 11.6 Å². The van der Waals surface area contributed by atoms with Gasteiger partial charge in [-0.05, 0) is 38.2 Å². The second-order valence-electron chi connectivity index (χ2n) is 5.35. The van der Waals surface area contributed by atoms with Crippen LogP contribution in [0.4, 0.5) is 0 Å². The fraction of sp³-hybridized carbons (Fsp3) is 0.500. The van der Waals surface area contributed by atoms with E-state index in [4.69, 9.17) is 16.5 Å². The Labute approximate surface area is 153 Å². The zero-order valence-corrected chi connectivity index (χ0v) is 16.6. The van der Waals surface area contributed by atoms with Gasteiger partial charge in [-0.3, -0.25) is 9.78 Å². The Kier molecular flexibility index (Phi) is 9.01. The molecule has 0 bridgehead atoms. The molecule has 0 unspecified atom stereocenters. The van der Waals surface area contributed by atoms with E-state index in [-0.39, 0.29) is 28.1 Å². The molecule has 0 fully saturated rings. The van der Waals surface area contributed by atoms with Crippen LogP contribution in [0.3, 0.4) is 0 Å². The highest BCUT2D eigenvalue weighted by molar-refractivity contribution is 7.89. The number of likely N-dealkylation sites (N-methyl/N-ethyl adjacent to an activating group) is 1. The standard InChI is InChI=1S/C14H21ClN2O5S.ClH/c1-10(18)21-22-12-6-7-13(23(19,20)17(4)5)11(14(12)15)8-9-16(2)3;/h6-7H,8-9H2,1-5H3;1H. The maximum atomic E-state index is 12.5. The lowest BCUT2D eigenvalue weighted by atomic mass is 10.1. The van der Waals surface area contributed by atoms with Gasteiger partial charge < -0.3 is 4.90 Å². The summed E-state index contributed by atoms with van der Waals surface area (Å²) >= 11 is 6.27. The van der Waals surface area contributed by atoms with Gasteiger partial charge in [0.05, 0.1) is 9.92 Å². The van der Waals surface area contributed by atoms with Gasteiger partial charge in [0.2, 0.25) is 10.0 Å². The molecular weight excluding hydrogens is 379 g/mol. The molecule has 0 aliphatic heterocycles. The number of hydrogen-bond donors (Lipinski definition) is 0. The van der Waals surface area contributed by atoms with E-state index >= 15 is 0 Å². The lowest BCUT2D eigenvalue weighted by molar-refractivity contribution is -0.210. The maximum Gasteiger partial charge on any atom is 0.352 e. The number of halogens is 2. The lowest BCUT2D eigenvalue weighted by Gasteiger charge is -2.19. The topological polar surface area (TPSA) is 76.1 Å². The number of hydrogen-bond acceptors (Lipinski definition) is 6. The van der Waals surface area contributed by atoms with Crippen LogP contribution in [0, 0.1) is 0 Å². The minimum Gasteiger partial charge on any atom is -0.309 e. The van der Waals surface area contributed by atoms with E-state index < -0.39 is 16.0 Å². The third-order valence-electron chi connectivity index (χ3n) is 2.98. The van der Waals surface area contributed by atoms with Crippen molar-refractivity contribution >= 4 is 40.0 Å². The third kappa shape index (κ3) is 5.78. The number of nitrogens with zero attached hydrogens (tertiary/aromatic N) is 2. The fourth-order valence-electron chi connectivity index (χ4n) is 1.76. The summed E-state index contributed by atoms with van der Waals surface area (Å²) in [5.74, 6) is -0.547. The first-order valence-corrected chi connectivity index (χ1v) is 8.63. The molecule has 0 heterocycles. The third-order valence-corrected chi connectivity index (χ3v) is 5.30. The van der Waals surface area contributed by atoms with Crippen LogP contribution < -0.4 is 4.89 Å². The van der Waals surface area contributed by atoms with Gasteiger partial charge in [-0.15, -0.1) is 12.4 Å². The zero-order valence-electron chi connectivity index (χ0n) is 14.2. The Balaban J connectivity index is 0.00000529. The van der Waals surface area contributed by atoms with Crippen molar-refractivity contribution in [1.82, 2.24) is 9.21 Å². The Morgan fingerprint density at radius 2 is 1.79 bits per heavy atom. The molecular formula is C14H22Cl2N2O5S. The Morgan fingerprint density at radius 3 is 2.25 bits per heavy atom. The monoisotopic (exact) mass is 400 g/mol. The van der Waals surface area contributed by atoms with Gasteiger partial charge >= 0.3 is 5.97 Å². The van der Waals surface area contributed by atoms with E-state index in [2.05, 4.69) is 4.89 Å². The second-order valence-corrected chi connectivity index (χ2v) is 7.85. The molecule has 10 heteroatoms. The van der Waals surface area contributed by atoms with Crippen LogP contribution in [0.5, 0.6) is 5.75 Å². The van der Waals surface area contributed by atoms with E-state index in [0.29, 0.717) is 18.5 Å². The lowest BCUT2D eigenvalue weighted by Crippen LogP contribution is -2.25. The van der Waals surface area contributed by atoms with Gasteiger partial charge in [-0.25, -0.2) is 17.5 Å². The summed E-state index contributed by atoms with van der Waals surface area (Å²) in [6, 6.07) is 2.76. The average Bonchev–Trinajstić information content (AvgIpc) is 2.43. The number of carbonyl (C=O) groups excluding carboxylic acids is 1. The van der Waals surface area contributed by atoms with Crippen molar-refractivity contribution in [3.63, 3.8) is 0 Å². The Hall–Kier alpha value is -1.06. The molecule has 0 atom stereocenters. The summed E-state index contributed by atoms with van der Waals surface area (Å²) in [7, 11) is 2.97. The normalized spacial score (nSPS) is 11.3. The molecule has 7 nitrogen and oxygen atoms in total. The summed E-state index contributed by atoms with van der Waals surface area (Å²) in [5, 5.41) is 0.107. The van der Waals surface area contributed by atoms with Crippen molar-refractivity contribution in [2.24, 2.45) is 0 Å². The highest BCUT2D eigenvalue weighted by Gasteiger charge is 2.25. The predicted molar refractivity (Wildman–Crippen MR) is 94.2 cm³/mol. The number of sulfonamides is 1. The van der Waals surface area contributed by atoms with Crippen LogP contribution in [0.15, 0.2) is 17.0 Å². The molecule has 24 heavy (non-hydrogen) atoms. The molecule has 0 saturated carbocycles. The van der Waals surface area contributed by atoms with E-state index in [1.165, 1.54) is 33.2 Å². The molecule has 0 radical (unpaired) electrons. The SMILES string of the molecule is CC(=O)OOc1ccc(S(=O)(=O)N(C)C)c(CCN(C)C)c1Cl.Cl. The van der Waals surface area contributed by atoms with Crippen molar-refractivity contribution in [3.8, 4) is 5.75 Å². The summed E-state index contributed by atoms with van der Waals surface area (Å²) in [5.41, 5.74) is 0.415. The molecule has 0 spiro atoms. The summed E-state index contributed by atoms with van der Waals surface area (Å²) in [6.07, 6.45) is 0.394. The van der Waals surface area contributed by atoms with Crippen molar-refractivity contribution in [3.05, 3.63) is 22.7 Å². The average molecular weight is 401 g/mol. The second kappa shape index (κ2) is 9.43. The molecule has 1 rings (SSSR count). The molecule has 1 aromatic rings. The predicted octanol–water partition coefficient (Wildman–Crippen LogP) is 1.97. The van der Waals surface area contributed by atoms with Crippen LogP contribution in [0.25, 0.3) is 0 Å². The molecule has 0 aromatic heterocycles. The number of carbonyl (C=O) groups is 1. The van der Waals surface area contributed by atoms with Crippen molar-refractivity contribution < 1.29 is 23.0 Å². The van der Waals surface area contributed by atoms with Gasteiger partial charge in [0.25, 0.3) is 0 Å². The fourth-order valence-corrected chi connectivity index (χ4v) is 3.25. The Bertz CT molecular complexity index is 678. The highest BCUT2D eigenvalue weighted by Crippen LogP contribution is 2.34. The maximum absolute atomic E-state index is 12.5. The van der Waals surface area contributed by atoms with Gasteiger partial charge in [0.15, 0.2) is 5.75 Å². The zero-order chi connectivity index (χ0) is 17.8. The van der Waals surface area contributed by atoms with E-state index in [0.717, 1.165) is 4.31 Å².